The molecule has 8 N–H and O–H groups in total. The Morgan fingerprint density at radius 2 is 2.05 bits per heavy atom. The molecule has 2 heterocycles. The summed E-state index contributed by atoms with van der Waals surface area (Å²) in [4.78, 5) is 39.3. The predicted octanol–water partition coefficient (Wildman–Crippen LogP) is -0.0739. The van der Waals surface area contributed by atoms with Crippen molar-refractivity contribution in [1.82, 2.24) is 31.4 Å². The Bertz CT molecular complexity index is 750. The molecule has 0 spiro atoms. The molecule has 22 heavy (non-hydrogen) atoms. The van der Waals surface area contributed by atoms with Gasteiger partial charge in [0.15, 0.2) is 5.65 Å². The highest BCUT2D eigenvalue weighted by Crippen LogP contribution is 2.14. The van der Waals surface area contributed by atoms with Crippen LogP contribution < -0.4 is 23.6 Å². The van der Waals surface area contributed by atoms with Crippen LogP contribution in [0.5, 0.6) is 0 Å². The first-order valence-corrected chi connectivity index (χ1v) is 7.27. The third-order valence-corrected chi connectivity index (χ3v) is 3.37. The monoisotopic (exact) mass is 336 g/mol. The standard InChI is InChI=1S/C10H15N4O5P.2H3N/c1-13-8-7(11-6-12-8)9(15)14(10(13)16)4-2-3-5-19-20(17)18;;/h6,20H,2-5H2,1H3,(H,11,12)(H,17,18);2*1H3. The summed E-state index contributed by atoms with van der Waals surface area (Å²) in [5.41, 5.74) is -0.259. The smallest absolute Gasteiger partial charge is 0.332 e. The first-order valence-electron chi connectivity index (χ1n) is 6.01. The number of aromatic amines is 1. The number of nitrogens with one attached hydrogen (secondary N) is 1. The maximum absolute atomic E-state index is 12.1. The van der Waals surface area contributed by atoms with Gasteiger partial charge in [0, 0.05) is 13.6 Å². The van der Waals surface area contributed by atoms with Crippen molar-refractivity contribution in [2.75, 3.05) is 6.61 Å². The number of hydrogen-bond acceptors (Lipinski definition) is 7. The molecule has 0 aliphatic carbocycles. The molecule has 12 heteroatoms. The molecule has 0 bridgehead atoms. The molecular formula is C10H21N6O5P. The first-order chi connectivity index (χ1) is 9.52. The minimum atomic E-state index is -2.92. The van der Waals surface area contributed by atoms with Crippen molar-refractivity contribution in [3.8, 4) is 0 Å². The summed E-state index contributed by atoms with van der Waals surface area (Å²) in [5.74, 6) is 0. The zero-order valence-corrected chi connectivity index (χ0v) is 13.2. The Kier molecular flexibility index (Phi) is 7.91. The lowest BCUT2D eigenvalue weighted by Gasteiger charge is -2.07. The van der Waals surface area contributed by atoms with Gasteiger partial charge in [0.1, 0.15) is 5.52 Å². The number of fused-ring (bicyclic) bond motifs is 1. The van der Waals surface area contributed by atoms with Gasteiger partial charge >= 0.3 is 13.9 Å². The molecule has 0 aromatic carbocycles. The minimum absolute atomic E-state index is 0. The number of aromatic nitrogens is 4. The van der Waals surface area contributed by atoms with E-state index >= 15 is 0 Å². The Hall–Kier alpha value is -1.78. The highest BCUT2D eigenvalue weighted by molar-refractivity contribution is 7.32. The van der Waals surface area contributed by atoms with E-state index in [0.29, 0.717) is 18.5 Å². The van der Waals surface area contributed by atoms with Crippen molar-refractivity contribution >= 4 is 19.4 Å². The van der Waals surface area contributed by atoms with Crippen LogP contribution in [-0.2, 0) is 22.7 Å². The van der Waals surface area contributed by atoms with Gasteiger partial charge < -0.3 is 26.7 Å². The van der Waals surface area contributed by atoms with Crippen molar-refractivity contribution in [3.63, 3.8) is 0 Å². The molecular weight excluding hydrogens is 315 g/mol. The van der Waals surface area contributed by atoms with Crippen molar-refractivity contribution in [2.45, 2.75) is 19.4 Å². The molecule has 2 aromatic rings. The van der Waals surface area contributed by atoms with Gasteiger partial charge in [0.05, 0.1) is 12.9 Å². The molecule has 11 nitrogen and oxygen atoms in total. The van der Waals surface area contributed by atoms with Crippen LogP contribution in [-0.4, -0.2) is 30.6 Å². The van der Waals surface area contributed by atoms with Crippen LogP contribution in [0.1, 0.15) is 12.8 Å². The van der Waals surface area contributed by atoms with E-state index in [1.54, 1.807) is 7.05 Å². The molecule has 0 saturated heterocycles. The first kappa shape index (κ1) is 20.2. The van der Waals surface area contributed by atoms with Crippen molar-refractivity contribution < 1.29 is 14.0 Å². The fourth-order valence-corrected chi connectivity index (χ4v) is 2.24. The maximum atomic E-state index is 12.1. The highest BCUT2D eigenvalue weighted by Gasteiger charge is 2.12. The largest absolute Gasteiger partial charge is 0.344 e. The molecule has 0 aliphatic heterocycles. The summed E-state index contributed by atoms with van der Waals surface area (Å²) in [6.07, 6.45) is 2.33. The second-order valence-electron chi connectivity index (χ2n) is 4.22. The molecule has 0 fully saturated rings. The minimum Gasteiger partial charge on any atom is -0.344 e. The number of unbranched alkanes of at least 4 members (excludes halogenated alkanes) is 1. The van der Waals surface area contributed by atoms with Crippen LogP contribution in [0.25, 0.3) is 11.2 Å². The van der Waals surface area contributed by atoms with Gasteiger partial charge in [-0.05, 0) is 12.8 Å². The van der Waals surface area contributed by atoms with E-state index in [9.17, 15) is 14.2 Å². The molecule has 0 aliphatic rings. The zero-order valence-electron chi connectivity index (χ0n) is 12.2. The van der Waals surface area contributed by atoms with Gasteiger partial charge in [0.2, 0.25) is 0 Å². The average Bonchev–Trinajstić information content (AvgIpc) is 2.88. The van der Waals surface area contributed by atoms with Gasteiger partial charge in [-0.2, -0.15) is 0 Å². The normalized spacial score (nSPS) is 11.7. The zero-order chi connectivity index (χ0) is 14.7. The van der Waals surface area contributed by atoms with E-state index in [1.165, 1.54) is 10.9 Å². The Morgan fingerprint density at radius 1 is 1.36 bits per heavy atom. The quantitative estimate of drug-likeness (QED) is 0.416. The SMILES string of the molecule is Cn1c(=O)n(CCCCO[PH](=O)O)c(=O)c2[nH]cnc21.N.N. The number of H-pyrrole nitrogens is 1. The second kappa shape index (κ2) is 8.61. The summed E-state index contributed by atoms with van der Waals surface area (Å²) in [7, 11) is -1.38. The summed E-state index contributed by atoms with van der Waals surface area (Å²) >= 11 is 0. The molecule has 1 unspecified atom stereocenters. The van der Waals surface area contributed by atoms with E-state index in [-0.39, 0.29) is 31.0 Å². The summed E-state index contributed by atoms with van der Waals surface area (Å²) in [6.45, 7) is 0.339. The van der Waals surface area contributed by atoms with E-state index in [0.717, 1.165) is 4.57 Å². The molecule has 126 valence electrons. The third kappa shape index (κ3) is 4.12. The molecule has 0 saturated carbocycles. The lowest BCUT2D eigenvalue weighted by molar-refractivity contribution is 0.272. The van der Waals surface area contributed by atoms with Crippen molar-refractivity contribution in [3.05, 3.63) is 27.2 Å². The predicted molar refractivity (Wildman–Crippen MR) is 82.0 cm³/mol. The maximum Gasteiger partial charge on any atom is 0.332 e. The lowest BCUT2D eigenvalue weighted by atomic mass is 10.3. The van der Waals surface area contributed by atoms with Gasteiger partial charge in [-0.15, -0.1) is 0 Å². The summed E-state index contributed by atoms with van der Waals surface area (Å²) in [5, 5.41) is 0. The van der Waals surface area contributed by atoms with Crippen molar-refractivity contribution in [2.24, 2.45) is 7.05 Å². The van der Waals surface area contributed by atoms with Gasteiger partial charge in [0.25, 0.3) is 5.56 Å². The van der Waals surface area contributed by atoms with Gasteiger partial charge in [-0.25, -0.2) is 9.78 Å². The Balaban J connectivity index is 0.00000220. The third-order valence-electron chi connectivity index (χ3n) is 2.92. The van der Waals surface area contributed by atoms with Crippen LogP contribution in [0.3, 0.4) is 0 Å². The van der Waals surface area contributed by atoms with Gasteiger partial charge in [-0.3, -0.25) is 18.5 Å². The van der Waals surface area contributed by atoms with Crippen molar-refractivity contribution in [1.29, 1.82) is 0 Å². The second-order valence-corrected chi connectivity index (χ2v) is 5.04. The lowest BCUT2D eigenvalue weighted by Crippen LogP contribution is -2.39. The fourth-order valence-electron chi connectivity index (χ4n) is 1.92. The average molecular weight is 336 g/mol. The highest BCUT2D eigenvalue weighted by atomic mass is 31.1. The number of aryl methyl sites for hydroxylation is 1. The fraction of sp³-hybridized carbons (Fsp3) is 0.500. The van der Waals surface area contributed by atoms with Crippen LogP contribution in [0.4, 0.5) is 0 Å². The van der Waals surface area contributed by atoms with E-state index in [2.05, 4.69) is 14.5 Å². The Labute approximate surface area is 126 Å². The number of nitrogens with zero attached hydrogens (tertiary/aromatic N) is 3. The van der Waals surface area contributed by atoms with Crippen LogP contribution in [0.15, 0.2) is 15.9 Å². The molecule has 2 aromatic heterocycles. The topological polar surface area (TPSA) is 189 Å². The van der Waals surface area contributed by atoms with E-state index in [1.807, 2.05) is 0 Å². The van der Waals surface area contributed by atoms with Crippen LogP contribution in [0.2, 0.25) is 0 Å². The summed E-state index contributed by atoms with van der Waals surface area (Å²) in [6, 6.07) is 0. The Morgan fingerprint density at radius 3 is 2.68 bits per heavy atom. The molecule has 2 rings (SSSR count). The molecule has 1 atom stereocenters. The summed E-state index contributed by atoms with van der Waals surface area (Å²) < 4.78 is 17.3. The molecule has 0 amide bonds. The van der Waals surface area contributed by atoms with Crippen LogP contribution >= 0.6 is 8.25 Å². The van der Waals surface area contributed by atoms with Crippen LogP contribution in [0, 0.1) is 0 Å². The van der Waals surface area contributed by atoms with Gasteiger partial charge in [-0.1, -0.05) is 0 Å². The number of hydrogen-bond donors (Lipinski definition) is 4. The van der Waals surface area contributed by atoms with E-state index in [4.69, 9.17) is 4.89 Å². The molecule has 0 radical (unpaired) electrons. The number of rotatable bonds is 6. The number of imidazole rings is 1. The van der Waals surface area contributed by atoms with E-state index < -0.39 is 19.5 Å².